The number of fused-ring (bicyclic) bond motifs is 1. The number of furan rings is 1. The Kier molecular flexibility index (Phi) is 6.83. The molecule has 0 saturated heterocycles. The fourth-order valence-electron chi connectivity index (χ4n) is 3.25. The monoisotopic (exact) mass is 406 g/mol. The molecule has 0 unspecified atom stereocenters. The lowest BCUT2D eigenvalue weighted by Gasteiger charge is -2.16. The molecular weight excluding hydrogens is 384 g/mol. The summed E-state index contributed by atoms with van der Waals surface area (Å²) < 4.78 is 15.9. The van der Waals surface area contributed by atoms with E-state index in [0.29, 0.717) is 22.5 Å². The standard InChI is InChI=1S/C24H22O6/c1-3-28-23(26)19(24(27)29-4-2)13-16-9-5-7-11-18(16)20(15-25)22-14-17-10-6-8-12-21(17)30-22/h5-12,14,19H,3-4,13H2,1-2H3. The molecule has 0 aliphatic carbocycles. The number of esters is 2. The van der Waals surface area contributed by atoms with Crippen molar-refractivity contribution in [1.82, 2.24) is 0 Å². The van der Waals surface area contributed by atoms with E-state index in [4.69, 9.17) is 13.9 Å². The number of para-hydroxylation sites is 1. The van der Waals surface area contributed by atoms with Crippen LogP contribution in [0.3, 0.4) is 0 Å². The van der Waals surface area contributed by atoms with Crippen LogP contribution in [0.1, 0.15) is 30.7 Å². The van der Waals surface area contributed by atoms with Gasteiger partial charge in [0.2, 0.25) is 0 Å². The Labute approximate surface area is 174 Å². The highest BCUT2D eigenvalue weighted by Crippen LogP contribution is 2.30. The van der Waals surface area contributed by atoms with Gasteiger partial charge in [-0.25, -0.2) is 4.79 Å². The zero-order chi connectivity index (χ0) is 21.5. The maximum atomic E-state index is 12.4. The lowest BCUT2D eigenvalue weighted by atomic mass is 9.91. The van der Waals surface area contributed by atoms with Crippen LogP contribution >= 0.6 is 0 Å². The molecule has 2 aromatic carbocycles. The molecule has 1 aromatic heterocycles. The molecule has 0 fully saturated rings. The first-order valence-electron chi connectivity index (χ1n) is 9.74. The zero-order valence-corrected chi connectivity index (χ0v) is 16.8. The molecule has 30 heavy (non-hydrogen) atoms. The summed E-state index contributed by atoms with van der Waals surface area (Å²) in [5, 5.41) is 0.855. The van der Waals surface area contributed by atoms with Crippen LogP contribution in [0.5, 0.6) is 0 Å². The summed E-state index contributed by atoms with van der Waals surface area (Å²) >= 11 is 0. The SMILES string of the molecule is CCOC(=O)C(Cc1ccccc1C(=C=O)c1cc2ccccc2o1)C(=O)OCC. The number of hydrogen-bond acceptors (Lipinski definition) is 6. The van der Waals surface area contributed by atoms with Crippen LogP contribution in [0.2, 0.25) is 0 Å². The van der Waals surface area contributed by atoms with Crippen molar-refractivity contribution in [2.24, 2.45) is 5.92 Å². The van der Waals surface area contributed by atoms with Gasteiger partial charge in [-0.1, -0.05) is 42.5 Å². The minimum atomic E-state index is -1.13. The summed E-state index contributed by atoms with van der Waals surface area (Å²) in [7, 11) is 0. The lowest BCUT2D eigenvalue weighted by Crippen LogP contribution is -2.30. The summed E-state index contributed by atoms with van der Waals surface area (Å²) in [4.78, 5) is 36.6. The predicted octanol–water partition coefficient (Wildman–Crippen LogP) is 3.98. The Morgan fingerprint density at radius 3 is 2.23 bits per heavy atom. The second-order valence-corrected chi connectivity index (χ2v) is 6.54. The third-order valence-corrected chi connectivity index (χ3v) is 4.63. The minimum Gasteiger partial charge on any atom is -0.465 e. The van der Waals surface area contributed by atoms with Crippen LogP contribution in [-0.2, 0) is 30.3 Å². The normalized spacial score (nSPS) is 10.6. The number of carbonyl (C=O) groups is 2. The Morgan fingerprint density at radius 2 is 1.60 bits per heavy atom. The van der Waals surface area contributed by atoms with E-state index in [1.165, 1.54) is 0 Å². The third-order valence-electron chi connectivity index (χ3n) is 4.63. The smallest absolute Gasteiger partial charge is 0.320 e. The topological polar surface area (TPSA) is 82.8 Å². The van der Waals surface area contributed by atoms with E-state index in [1.54, 1.807) is 44.2 Å². The molecule has 6 heteroatoms. The second-order valence-electron chi connectivity index (χ2n) is 6.54. The molecule has 0 aliphatic heterocycles. The fraction of sp³-hybridized carbons (Fsp3) is 0.250. The molecule has 3 aromatic rings. The zero-order valence-electron chi connectivity index (χ0n) is 16.8. The molecule has 0 atom stereocenters. The van der Waals surface area contributed by atoms with Gasteiger partial charge in [0.1, 0.15) is 22.9 Å². The van der Waals surface area contributed by atoms with Gasteiger partial charge in [-0.3, -0.25) is 9.59 Å². The largest absolute Gasteiger partial charge is 0.465 e. The van der Waals surface area contributed by atoms with Crippen molar-refractivity contribution >= 4 is 34.4 Å². The summed E-state index contributed by atoms with van der Waals surface area (Å²) in [5.41, 5.74) is 2.01. The molecule has 0 amide bonds. The molecule has 0 aliphatic rings. The molecular formula is C24H22O6. The van der Waals surface area contributed by atoms with Crippen molar-refractivity contribution in [2.45, 2.75) is 20.3 Å². The van der Waals surface area contributed by atoms with Crippen LogP contribution in [0.15, 0.2) is 59.0 Å². The van der Waals surface area contributed by atoms with Crippen molar-refractivity contribution in [3.8, 4) is 0 Å². The van der Waals surface area contributed by atoms with Crippen molar-refractivity contribution in [3.05, 3.63) is 71.5 Å². The van der Waals surface area contributed by atoms with Gasteiger partial charge in [0.25, 0.3) is 0 Å². The van der Waals surface area contributed by atoms with E-state index in [2.05, 4.69) is 0 Å². The number of ether oxygens (including phenoxy) is 2. The number of benzene rings is 2. The Balaban J connectivity index is 2.00. The van der Waals surface area contributed by atoms with Crippen LogP contribution in [0, 0.1) is 5.92 Å². The van der Waals surface area contributed by atoms with E-state index in [0.717, 1.165) is 5.39 Å². The molecule has 0 saturated carbocycles. The van der Waals surface area contributed by atoms with Gasteiger partial charge in [0.05, 0.1) is 13.2 Å². The first-order valence-corrected chi connectivity index (χ1v) is 9.74. The maximum absolute atomic E-state index is 12.4. The maximum Gasteiger partial charge on any atom is 0.320 e. The Morgan fingerprint density at radius 1 is 0.967 bits per heavy atom. The Hall–Kier alpha value is -3.63. The molecule has 1 heterocycles. The quantitative estimate of drug-likeness (QED) is 0.320. The molecule has 154 valence electrons. The van der Waals surface area contributed by atoms with Crippen molar-refractivity contribution in [2.75, 3.05) is 13.2 Å². The molecule has 0 N–H and O–H groups in total. The molecule has 6 nitrogen and oxygen atoms in total. The van der Waals surface area contributed by atoms with Crippen molar-refractivity contribution < 1.29 is 28.3 Å². The van der Waals surface area contributed by atoms with Crippen LogP contribution in [-0.4, -0.2) is 31.1 Å². The molecule has 0 radical (unpaired) electrons. The molecule has 3 rings (SSSR count). The Bertz CT molecular complexity index is 1050. The predicted molar refractivity (Wildman–Crippen MR) is 111 cm³/mol. The van der Waals surface area contributed by atoms with Gasteiger partial charge < -0.3 is 13.9 Å². The van der Waals surface area contributed by atoms with Gasteiger partial charge in [-0.05, 0) is 43.5 Å². The molecule has 0 bridgehead atoms. The number of carbonyl (C=O) groups excluding carboxylic acids is 3. The number of hydrogen-bond donors (Lipinski definition) is 0. The third kappa shape index (κ3) is 4.50. The van der Waals surface area contributed by atoms with Gasteiger partial charge in [0, 0.05) is 5.39 Å². The molecule has 0 spiro atoms. The van der Waals surface area contributed by atoms with Crippen LogP contribution in [0.25, 0.3) is 16.5 Å². The second kappa shape index (κ2) is 9.72. The van der Waals surface area contributed by atoms with E-state index in [1.807, 2.05) is 30.2 Å². The summed E-state index contributed by atoms with van der Waals surface area (Å²) in [6, 6.07) is 16.2. The fourth-order valence-corrected chi connectivity index (χ4v) is 3.25. The first-order chi connectivity index (χ1) is 14.6. The average Bonchev–Trinajstić information content (AvgIpc) is 3.17. The van der Waals surface area contributed by atoms with Gasteiger partial charge in [-0.15, -0.1) is 0 Å². The van der Waals surface area contributed by atoms with Crippen LogP contribution < -0.4 is 0 Å². The van der Waals surface area contributed by atoms with E-state index >= 15 is 0 Å². The first kappa shape index (κ1) is 21.1. The lowest BCUT2D eigenvalue weighted by molar-refractivity contribution is -0.161. The summed E-state index contributed by atoms with van der Waals surface area (Å²) in [6.45, 7) is 3.63. The van der Waals surface area contributed by atoms with Crippen molar-refractivity contribution in [1.29, 1.82) is 0 Å². The van der Waals surface area contributed by atoms with Crippen LogP contribution in [0.4, 0.5) is 0 Å². The van der Waals surface area contributed by atoms with Crippen molar-refractivity contribution in [3.63, 3.8) is 0 Å². The highest BCUT2D eigenvalue weighted by atomic mass is 16.6. The van der Waals surface area contributed by atoms with Gasteiger partial charge >= 0.3 is 11.9 Å². The highest BCUT2D eigenvalue weighted by Gasteiger charge is 2.31. The summed E-state index contributed by atoms with van der Waals surface area (Å²) in [6.07, 6.45) is 0.0270. The summed E-state index contributed by atoms with van der Waals surface area (Å²) in [5.74, 6) is -0.130. The highest BCUT2D eigenvalue weighted by molar-refractivity contribution is 5.99. The van der Waals surface area contributed by atoms with Gasteiger partial charge in [-0.2, -0.15) is 0 Å². The number of rotatable bonds is 8. The van der Waals surface area contributed by atoms with Gasteiger partial charge in [0.15, 0.2) is 5.92 Å². The van der Waals surface area contributed by atoms with E-state index in [-0.39, 0.29) is 25.2 Å². The van der Waals surface area contributed by atoms with E-state index in [9.17, 15) is 14.4 Å². The minimum absolute atomic E-state index is 0.0270. The average molecular weight is 406 g/mol. The van der Waals surface area contributed by atoms with E-state index < -0.39 is 17.9 Å².